The molecule has 0 fully saturated rings. The van der Waals surface area contributed by atoms with Crippen LogP contribution in [0, 0.1) is 0 Å². The average molecular weight is 464 g/mol. The zero-order valence-corrected chi connectivity index (χ0v) is 20.6. The van der Waals surface area contributed by atoms with Crippen molar-refractivity contribution in [3.8, 4) is 11.5 Å². The first-order chi connectivity index (χ1) is 16.3. The number of amides is 2. The van der Waals surface area contributed by atoms with E-state index in [1.54, 1.807) is 19.1 Å². The van der Waals surface area contributed by atoms with Gasteiger partial charge in [-0.2, -0.15) is 0 Å². The van der Waals surface area contributed by atoms with Crippen LogP contribution in [0.1, 0.15) is 49.7 Å². The molecule has 1 aromatic heterocycles. The van der Waals surface area contributed by atoms with Crippen LogP contribution in [0.15, 0.2) is 48.5 Å². The van der Waals surface area contributed by atoms with Crippen LogP contribution in [0.5, 0.6) is 11.5 Å². The van der Waals surface area contributed by atoms with Gasteiger partial charge in [0.05, 0.1) is 26.3 Å². The maximum absolute atomic E-state index is 13.9. The van der Waals surface area contributed by atoms with E-state index < -0.39 is 5.54 Å². The summed E-state index contributed by atoms with van der Waals surface area (Å²) in [5.41, 5.74) is 1.32. The van der Waals surface area contributed by atoms with E-state index in [1.807, 2.05) is 66.9 Å². The van der Waals surface area contributed by atoms with Gasteiger partial charge in [0, 0.05) is 24.0 Å². The molecule has 2 amide bonds. The molecule has 2 heterocycles. The van der Waals surface area contributed by atoms with Crippen molar-refractivity contribution in [2.24, 2.45) is 0 Å². The summed E-state index contributed by atoms with van der Waals surface area (Å²) in [7, 11) is 3.24. The largest absolute Gasteiger partial charge is 0.497 e. The summed E-state index contributed by atoms with van der Waals surface area (Å²) in [6.07, 6.45) is 1.85. The highest BCUT2D eigenvalue weighted by molar-refractivity contribution is 6.03. The number of rotatable bonds is 8. The predicted octanol–water partition coefficient (Wildman–Crippen LogP) is 4.38. The van der Waals surface area contributed by atoms with Gasteiger partial charge in [0.2, 0.25) is 5.91 Å². The molecule has 2 atom stereocenters. The number of fused-ring (bicyclic) bond motifs is 3. The van der Waals surface area contributed by atoms with Crippen LogP contribution >= 0.6 is 0 Å². The number of ether oxygens (including phenoxy) is 2. The van der Waals surface area contributed by atoms with Crippen LogP contribution in [-0.4, -0.2) is 47.1 Å². The first kappa shape index (κ1) is 23.7. The lowest BCUT2D eigenvalue weighted by atomic mass is 9.93. The van der Waals surface area contributed by atoms with Gasteiger partial charge in [0.15, 0.2) is 0 Å². The molecule has 7 heteroatoms. The topological polar surface area (TPSA) is 72.8 Å². The molecule has 2 unspecified atom stereocenters. The van der Waals surface area contributed by atoms with E-state index in [-0.39, 0.29) is 17.9 Å². The molecule has 2 aromatic carbocycles. The third kappa shape index (κ3) is 4.22. The Kier molecular flexibility index (Phi) is 6.55. The quantitative estimate of drug-likeness (QED) is 0.538. The SMILES string of the molecule is CCCC(C)NC(=O)C1(C)Cn2c(cc3ccc(OC)cc32)C(=O)N1Cc1ccc(OC)cc1. The minimum Gasteiger partial charge on any atom is -0.497 e. The van der Waals surface area contributed by atoms with Crippen molar-refractivity contribution >= 4 is 22.7 Å². The highest BCUT2D eigenvalue weighted by atomic mass is 16.5. The molecule has 1 aliphatic rings. The number of nitrogens with one attached hydrogen (secondary N) is 1. The van der Waals surface area contributed by atoms with E-state index in [4.69, 9.17) is 9.47 Å². The predicted molar refractivity (Wildman–Crippen MR) is 132 cm³/mol. The molecular weight excluding hydrogens is 430 g/mol. The number of aromatic nitrogens is 1. The summed E-state index contributed by atoms with van der Waals surface area (Å²) in [5.74, 6) is 1.14. The molecular formula is C27H33N3O4. The van der Waals surface area contributed by atoms with E-state index in [0.29, 0.717) is 24.5 Å². The standard InChI is InChI=1S/C27H33N3O4/c1-6-7-18(2)28-26(32)27(3)17-29-23-15-22(34-5)13-10-20(23)14-24(29)25(31)30(27)16-19-8-11-21(33-4)12-9-19/h8-15,18H,6-7,16-17H2,1-5H3,(H,28,32). The number of carbonyl (C=O) groups is 2. The molecule has 3 aromatic rings. The Bertz CT molecular complexity index is 1200. The molecule has 0 saturated carbocycles. The van der Waals surface area contributed by atoms with E-state index in [1.165, 1.54) is 0 Å². The zero-order valence-electron chi connectivity index (χ0n) is 20.6. The van der Waals surface area contributed by atoms with Gasteiger partial charge in [-0.1, -0.05) is 25.5 Å². The second-order valence-electron chi connectivity index (χ2n) is 9.22. The van der Waals surface area contributed by atoms with Crippen LogP contribution < -0.4 is 14.8 Å². The van der Waals surface area contributed by atoms with Gasteiger partial charge in [0.25, 0.3) is 5.91 Å². The van der Waals surface area contributed by atoms with Crippen LogP contribution in [0.25, 0.3) is 10.9 Å². The van der Waals surface area contributed by atoms with Gasteiger partial charge >= 0.3 is 0 Å². The maximum Gasteiger partial charge on any atom is 0.271 e. The molecule has 4 rings (SSSR count). The van der Waals surface area contributed by atoms with Crippen LogP contribution in [0.4, 0.5) is 0 Å². The summed E-state index contributed by atoms with van der Waals surface area (Å²) in [5, 5.41) is 4.09. The van der Waals surface area contributed by atoms with Gasteiger partial charge in [0.1, 0.15) is 22.7 Å². The van der Waals surface area contributed by atoms with Crippen molar-refractivity contribution in [1.29, 1.82) is 0 Å². The number of carbonyl (C=O) groups excluding carboxylic acids is 2. The highest BCUT2D eigenvalue weighted by Crippen LogP contribution is 2.35. The minimum absolute atomic E-state index is 0.0233. The third-order valence-corrected chi connectivity index (χ3v) is 6.73. The van der Waals surface area contributed by atoms with Crippen molar-refractivity contribution in [3.63, 3.8) is 0 Å². The summed E-state index contributed by atoms with van der Waals surface area (Å²) in [4.78, 5) is 29.3. The first-order valence-electron chi connectivity index (χ1n) is 11.7. The van der Waals surface area contributed by atoms with Crippen molar-refractivity contribution < 1.29 is 19.1 Å². The lowest BCUT2D eigenvalue weighted by Crippen LogP contribution is -2.64. The molecule has 1 N–H and O–H groups in total. The Hall–Kier alpha value is -3.48. The van der Waals surface area contributed by atoms with Crippen LogP contribution in [0.3, 0.4) is 0 Å². The zero-order chi connectivity index (χ0) is 24.5. The number of hydrogen-bond acceptors (Lipinski definition) is 4. The van der Waals surface area contributed by atoms with Crippen LogP contribution in [0.2, 0.25) is 0 Å². The molecule has 7 nitrogen and oxygen atoms in total. The second kappa shape index (κ2) is 9.41. The monoisotopic (exact) mass is 463 g/mol. The van der Waals surface area contributed by atoms with E-state index >= 15 is 0 Å². The normalized spacial score (nSPS) is 18.5. The third-order valence-electron chi connectivity index (χ3n) is 6.73. The molecule has 0 aliphatic carbocycles. The number of benzene rings is 2. The van der Waals surface area contributed by atoms with Crippen molar-refractivity contribution in [3.05, 3.63) is 59.8 Å². The fraction of sp³-hybridized carbons (Fsp3) is 0.407. The Morgan fingerprint density at radius 1 is 1.09 bits per heavy atom. The van der Waals surface area contributed by atoms with Gasteiger partial charge in [-0.15, -0.1) is 0 Å². The number of nitrogens with zero attached hydrogens (tertiary/aromatic N) is 2. The van der Waals surface area contributed by atoms with Crippen molar-refractivity contribution in [2.45, 2.75) is 58.3 Å². The van der Waals surface area contributed by atoms with Crippen molar-refractivity contribution in [1.82, 2.24) is 14.8 Å². The fourth-order valence-electron chi connectivity index (χ4n) is 4.70. The fourth-order valence-corrected chi connectivity index (χ4v) is 4.70. The van der Waals surface area contributed by atoms with Gasteiger partial charge in [-0.05, 0) is 56.2 Å². The Balaban J connectivity index is 1.78. The molecule has 0 saturated heterocycles. The average Bonchev–Trinajstić information content (AvgIpc) is 3.19. The smallest absolute Gasteiger partial charge is 0.271 e. The van der Waals surface area contributed by atoms with Gasteiger partial charge < -0.3 is 24.3 Å². The lowest BCUT2D eigenvalue weighted by molar-refractivity contribution is -0.133. The van der Waals surface area contributed by atoms with E-state index in [2.05, 4.69) is 12.2 Å². The lowest BCUT2D eigenvalue weighted by Gasteiger charge is -2.44. The molecule has 0 spiro atoms. The summed E-state index contributed by atoms with van der Waals surface area (Å²) in [6.45, 7) is 6.63. The minimum atomic E-state index is -1.07. The van der Waals surface area contributed by atoms with E-state index in [9.17, 15) is 9.59 Å². The molecule has 1 aliphatic heterocycles. The van der Waals surface area contributed by atoms with Crippen LogP contribution in [-0.2, 0) is 17.9 Å². The summed E-state index contributed by atoms with van der Waals surface area (Å²) >= 11 is 0. The van der Waals surface area contributed by atoms with Gasteiger partial charge in [-0.3, -0.25) is 9.59 Å². The van der Waals surface area contributed by atoms with Crippen molar-refractivity contribution in [2.75, 3.05) is 14.2 Å². The Labute approximate surface area is 200 Å². The molecule has 180 valence electrons. The Morgan fingerprint density at radius 2 is 1.76 bits per heavy atom. The summed E-state index contributed by atoms with van der Waals surface area (Å²) in [6, 6.07) is 15.3. The molecule has 0 bridgehead atoms. The first-order valence-corrected chi connectivity index (χ1v) is 11.7. The molecule has 0 radical (unpaired) electrons. The van der Waals surface area contributed by atoms with E-state index in [0.717, 1.165) is 35.1 Å². The number of methoxy groups -OCH3 is 2. The second-order valence-corrected chi connectivity index (χ2v) is 9.22. The highest BCUT2D eigenvalue weighted by Gasteiger charge is 2.47. The maximum atomic E-state index is 13.9. The Morgan fingerprint density at radius 3 is 2.41 bits per heavy atom. The van der Waals surface area contributed by atoms with Gasteiger partial charge in [-0.25, -0.2) is 0 Å². The summed E-state index contributed by atoms with van der Waals surface area (Å²) < 4.78 is 12.6. The number of hydrogen-bond donors (Lipinski definition) is 1. The molecule has 34 heavy (non-hydrogen) atoms.